The normalized spacial score (nSPS) is 11.5. The number of halogens is 1. The van der Waals surface area contributed by atoms with Crippen molar-refractivity contribution >= 4 is 59.9 Å². The summed E-state index contributed by atoms with van der Waals surface area (Å²) in [7, 11) is 0. The first-order valence-corrected chi connectivity index (χ1v) is 7.52. The first-order chi connectivity index (χ1) is 9.02. The molecule has 3 heterocycles. The Bertz CT molecular complexity index is 874. The fraction of sp³-hybridized carbons (Fsp3) is 0.167. The number of fused-ring (bicyclic) bond motifs is 3. The molecule has 0 aliphatic rings. The average molecular weight is 314 g/mol. The molecule has 0 bridgehead atoms. The Kier molecular flexibility index (Phi) is 2.88. The van der Waals surface area contributed by atoms with E-state index in [0.29, 0.717) is 15.6 Å². The largest absolute Gasteiger partial charge is 0.477 e. The predicted molar refractivity (Wildman–Crippen MR) is 79.1 cm³/mol. The summed E-state index contributed by atoms with van der Waals surface area (Å²) in [4.78, 5) is 23.3. The van der Waals surface area contributed by atoms with Crippen LogP contribution in [0.2, 0.25) is 4.34 Å². The lowest BCUT2D eigenvalue weighted by Crippen LogP contribution is -2.17. The smallest absolute Gasteiger partial charge is 0.341 e. The number of aryl methyl sites for hydroxylation is 1. The summed E-state index contributed by atoms with van der Waals surface area (Å²) in [6.45, 7) is 2.51. The number of carboxylic acid groups (broad SMARTS) is 1. The maximum atomic E-state index is 12.2. The topological polar surface area (TPSA) is 59.3 Å². The average Bonchev–Trinajstić information content (AvgIpc) is 2.86. The molecule has 3 aromatic rings. The first kappa shape index (κ1) is 12.7. The maximum Gasteiger partial charge on any atom is 0.341 e. The van der Waals surface area contributed by atoms with Crippen LogP contribution in [0.5, 0.6) is 0 Å². The van der Waals surface area contributed by atoms with Gasteiger partial charge in [0, 0.05) is 17.4 Å². The second kappa shape index (κ2) is 4.33. The minimum Gasteiger partial charge on any atom is -0.477 e. The van der Waals surface area contributed by atoms with Crippen molar-refractivity contribution in [2.45, 2.75) is 13.5 Å². The summed E-state index contributed by atoms with van der Waals surface area (Å²) < 4.78 is 4.82. The molecular weight excluding hydrogens is 306 g/mol. The number of pyridine rings is 1. The minimum absolute atomic E-state index is 0.186. The number of nitrogens with zero attached hydrogens (tertiary/aromatic N) is 1. The van der Waals surface area contributed by atoms with Crippen LogP contribution in [0.4, 0.5) is 0 Å². The van der Waals surface area contributed by atoms with Gasteiger partial charge in [-0.05, 0) is 13.0 Å². The molecule has 0 fully saturated rings. The third-order valence-corrected chi connectivity index (χ3v) is 5.43. The van der Waals surface area contributed by atoms with Crippen LogP contribution < -0.4 is 5.43 Å². The van der Waals surface area contributed by atoms with E-state index in [0.717, 1.165) is 14.9 Å². The molecule has 19 heavy (non-hydrogen) atoms. The number of hydrogen-bond donors (Lipinski definition) is 1. The summed E-state index contributed by atoms with van der Waals surface area (Å²) in [5.41, 5.74) is 0.181. The van der Waals surface area contributed by atoms with Gasteiger partial charge in [0.1, 0.15) is 10.3 Å². The number of rotatable bonds is 2. The minimum atomic E-state index is -1.19. The molecule has 98 valence electrons. The quantitative estimate of drug-likeness (QED) is 0.785. The number of carbonyl (C=O) groups is 1. The highest BCUT2D eigenvalue weighted by Gasteiger charge is 2.19. The van der Waals surface area contributed by atoms with Crippen molar-refractivity contribution in [1.82, 2.24) is 4.57 Å². The summed E-state index contributed by atoms with van der Waals surface area (Å²) in [5.74, 6) is -1.19. The summed E-state index contributed by atoms with van der Waals surface area (Å²) in [6.07, 6.45) is 1.41. The van der Waals surface area contributed by atoms with Gasteiger partial charge in [-0.1, -0.05) is 11.6 Å². The monoisotopic (exact) mass is 313 g/mol. The molecule has 0 spiro atoms. The zero-order valence-corrected chi connectivity index (χ0v) is 12.2. The number of aromatic nitrogens is 1. The van der Waals surface area contributed by atoms with Crippen LogP contribution in [-0.4, -0.2) is 15.6 Å². The maximum absolute atomic E-state index is 12.2. The van der Waals surface area contributed by atoms with Crippen molar-refractivity contribution in [1.29, 1.82) is 0 Å². The number of carboxylic acids is 1. The highest BCUT2D eigenvalue weighted by atomic mass is 35.5. The number of hydrogen-bond acceptors (Lipinski definition) is 4. The molecule has 0 aliphatic carbocycles. The molecule has 1 N–H and O–H groups in total. The lowest BCUT2D eigenvalue weighted by molar-refractivity contribution is 0.0695. The van der Waals surface area contributed by atoms with Crippen LogP contribution in [-0.2, 0) is 6.54 Å². The van der Waals surface area contributed by atoms with Gasteiger partial charge < -0.3 is 9.67 Å². The summed E-state index contributed by atoms with van der Waals surface area (Å²) in [5, 5.41) is 9.09. The van der Waals surface area contributed by atoms with Gasteiger partial charge in [0.25, 0.3) is 0 Å². The van der Waals surface area contributed by atoms with Gasteiger partial charge in [0.05, 0.1) is 14.6 Å². The Morgan fingerprint density at radius 3 is 2.79 bits per heavy atom. The van der Waals surface area contributed by atoms with Crippen molar-refractivity contribution in [3.8, 4) is 0 Å². The summed E-state index contributed by atoms with van der Waals surface area (Å²) in [6, 6.07) is 1.81. The van der Waals surface area contributed by atoms with Gasteiger partial charge in [0.15, 0.2) is 0 Å². The fourth-order valence-electron chi connectivity index (χ4n) is 2.07. The third kappa shape index (κ3) is 1.79. The zero-order chi connectivity index (χ0) is 13.7. The second-order valence-corrected chi connectivity index (χ2v) is 6.72. The third-order valence-electron chi connectivity index (χ3n) is 2.90. The van der Waals surface area contributed by atoms with Crippen molar-refractivity contribution in [3.05, 3.63) is 32.4 Å². The van der Waals surface area contributed by atoms with Crippen LogP contribution in [0.3, 0.4) is 0 Å². The fourth-order valence-corrected chi connectivity index (χ4v) is 4.81. The SMILES string of the molecule is CCn1cc(C(=O)O)c(=O)c2sc3cc(Cl)sc3c21. The zero-order valence-electron chi connectivity index (χ0n) is 9.77. The number of aromatic carboxylic acids is 1. The Morgan fingerprint density at radius 2 is 2.16 bits per heavy atom. The van der Waals surface area contributed by atoms with Crippen LogP contribution in [0.25, 0.3) is 19.6 Å². The first-order valence-electron chi connectivity index (χ1n) is 5.51. The van der Waals surface area contributed by atoms with Gasteiger partial charge >= 0.3 is 5.97 Å². The number of thiophene rings is 2. The molecule has 0 aliphatic heterocycles. The van der Waals surface area contributed by atoms with E-state index in [9.17, 15) is 9.59 Å². The predicted octanol–water partition coefficient (Wildman–Crippen LogP) is 3.65. The molecule has 0 unspecified atom stereocenters. The summed E-state index contributed by atoms with van der Waals surface area (Å²) >= 11 is 8.69. The lowest BCUT2D eigenvalue weighted by atomic mass is 10.2. The molecule has 0 aromatic carbocycles. The van der Waals surface area contributed by atoms with E-state index >= 15 is 0 Å². The van der Waals surface area contributed by atoms with Crippen LogP contribution >= 0.6 is 34.3 Å². The van der Waals surface area contributed by atoms with Crippen LogP contribution in [0.15, 0.2) is 17.1 Å². The molecule has 0 radical (unpaired) electrons. The standard InChI is InChI=1S/C12H8ClNO3S2/c1-2-14-4-5(12(16)17)9(15)11-8(14)10-6(18-11)3-7(13)19-10/h3-4H,2H2,1H3,(H,16,17). The van der Waals surface area contributed by atoms with Gasteiger partial charge in [0.2, 0.25) is 5.43 Å². The van der Waals surface area contributed by atoms with E-state index in [4.69, 9.17) is 16.7 Å². The Hall–Kier alpha value is -1.37. The van der Waals surface area contributed by atoms with E-state index in [1.54, 1.807) is 4.57 Å². The van der Waals surface area contributed by atoms with Crippen LogP contribution in [0.1, 0.15) is 17.3 Å². The van der Waals surface area contributed by atoms with Crippen molar-refractivity contribution < 1.29 is 9.90 Å². The van der Waals surface area contributed by atoms with Gasteiger partial charge in [-0.15, -0.1) is 22.7 Å². The Balaban J connectivity index is 2.55. The molecule has 0 saturated carbocycles. The van der Waals surface area contributed by atoms with Gasteiger partial charge in [-0.25, -0.2) is 4.79 Å². The van der Waals surface area contributed by atoms with E-state index in [2.05, 4.69) is 0 Å². The second-order valence-electron chi connectivity index (χ2n) is 3.99. The van der Waals surface area contributed by atoms with Gasteiger partial charge in [-0.2, -0.15) is 0 Å². The molecule has 3 rings (SSSR count). The molecular formula is C12H8ClNO3S2. The molecule has 4 nitrogen and oxygen atoms in total. The van der Waals surface area contributed by atoms with Crippen LogP contribution in [0, 0.1) is 0 Å². The van der Waals surface area contributed by atoms with Crippen molar-refractivity contribution in [2.24, 2.45) is 0 Å². The van der Waals surface area contributed by atoms with E-state index in [1.807, 2.05) is 13.0 Å². The van der Waals surface area contributed by atoms with Crippen molar-refractivity contribution in [3.63, 3.8) is 0 Å². The highest BCUT2D eigenvalue weighted by molar-refractivity contribution is 7.33. The Morgan fingerprint density at radius 1 is 1.42 bits per heavy atom. The molecule has 0 amide bonds. The molecule has 0 saturated heterocycles. The molecule has 3 aromatic heterocycles. The van der Waals surface area contributed by atoms with Crippen molar-refractivity contribution in [2.75, 3.05) is 0 Å². The van der Waals surface area contributed by atoms with Gasteiger partial charge in [-0.3, -0.25) is 4.79 Å². The van der Waals surface area contributed by atoms with E-state index in [-0.39, 0.29) is 5.56 Å². The lowest BCUT2D eigenvalue weighted by Gasteiger charge is -2.06. The van der Waals surface area contributed by atoms with E-state index < -0.39 is 11.4 Å². The molecule has 7 heteroatoms. The van der Waals surface area contributed by atoms with E-state index in [1.165, 1.54) is 28.9 Å². The molecule has 0 atom stereocenters. The Labute approximate surface area is 120 Å². The highest BCUT2D eigenvalue weighted by Crippen LogP contribution is 2.40.